The van der Waals surface area contributed by atoms with Crippen LogP contribution in [0.3, 0.4) is 0 Å². The number of aromatic nitrogens is 3. The predicted molar refractivity (Wildman–Crippen MR) is 111 cm³/mol. The molecule has 0 saturated heterocycles. The highest BCUT2D eigenvalue weighted by Crippen LogP contribution is 2.27. The second kappa shape index (κ2) is 7.31. The van der Waals surface area contributed by atoms with Crippen LogP contribution in [-0.2, 0) is 6.54 Å². The van der Waals surface area contributed by atoms with Gasteiger partial charge in [-0.3, -0.25) is 4.79 Å². The van der Waals surface area contributed by atoms with Crippen LogP contribution >= 0.6 is 0 Å². The SMILES string of the molecule is CCOc1ccccc1C(=O)Nc1nn(CC)c2nc3cc(C)ccc3cc12. The van der Waals surface area contributed by atoms with Crippen LogP contribution < -0.4 is 10.1 Å². The van der Waals surface area contributed by atoms with E-state index in [1.807, 2.05) is 45.0 Å². The first kappa shape index (κ1) is 18.0. The summed E-state index contributed by atoms with van der Waals surface area (Å²) in [5.74, 6) is 0.805. The number of pyridine rings is 1. The summed E-state index contributed by atoms with van der Waals surface area (Å²) in [7, 11) is 0. The fourth-order valence-electron chi connectivity index (χ4n) is 3.28. The maximum Gasteiger partial charge on any atom is 0.260 e. The van der Waals surface area contributed by atoms with E-state index in [0.717, 1.165) is 27.5 Å². The van der Waals surface area contributed by atoms with E-state index in [0.29, 0.717) is 30.3 Å². The van der Waals surface area contributed by atoms with Gasteiger partial charge in [0, 0.05) is 11.9 Å². The molecule has 0 fully saturated rings. The summed E-state index contributed by atoms with van der Waals surface area (Å²) >= 11 is 0. The lowest BCUT2D eigenvalue weighted by molar-refractivity contribution is 0.102. The number of ether oxygens (including phenoxy) is 1. The normalized spacial score (nSPS) is 11.1. The maximum atomic E-state index is 12.9. The number of carbonyl (C=O) groups is 1. The number of fused-ring (bicyclic) bond motifs is 2. The number of rotatable bonds is 5. The number of anilines is 1. The minimum Gasteiger partial charge on any atom is -0.493 e. The van der Waals surface area contributed by atoms with Gasteiger partial charge in [0.2, 0.25) is 0 Å². The first-order chi connectivity index (χ1) is 13.6. The second-order valence-electron chi connectivity index (χ2n) is 6.60. The van der Waals surface area contributed by atoms with Crippen molar-refractivity contribution in [3.05, 3.63) is 59.7 Å². The lowest BCUT2D eigenvalue weighted by Gasteiger charge is -2.09. The van der Waals surface area contributed by atoms with E-state index in [4.69, 9.17) is 9.72 Å². The van der Waals surface area contributed by atoms with Crippen LogP contribution in [0, 0.1) is 6.92 Å². The number of hydrogen-bond acceptors (Lipinski definition) is 4. The monoisotopic (exact) mass is 374 g/mol. The van der Waals surface area contributed by atoms with Gasteiger partial charge in [0.15, 0.2) is 11.5 Å². The molecule has 4 aromatic rings. The summed E-state index contributed by atoms with van der Waals surface area (Å²) in [4.78, 5) is 17.7. The van der Waals surface area contributed by atoms with Gasteiger partial charge in [0.05, 0.1) is 23.1 Å². The fourth-order valence-corrected chi connectivity index (χ4v) is 3.28. The van der Waals surface area contributed by atoms with E-state index in [1.54, 1.807) is 16.8 Å². The van der Waals surface area contributed by atoms with E-state index in [-0.39, 0.29) is 5.91 Å². The Morgan fingerprint density at radius 2 is 1.96 bits per heavy atom. The first-order valence-corrected chi connectivity index (χ1v) is 9.41. The molecule has 0 aliphatic rings. The Labute approximate surface area is 163 Å². The molecule has 0 radical (unpaired) electrons. The molecule has 6 heteroatoms. The third-order valence-corrected chi connectivity index (χ3v) is 4.64. The van der Waals surface area contributed by atoms with Crippen molar-refractivity contribution in [2.75, 3.05) is 11.9 Å². The van der Waals surface area contributed by atoms with Crippen LogP contribution in [0.4, 0.5) is 5.82 Å². The largest absolute Gasteiger partial charge is 0.493 e. The van der Waals surface area contributed by atoms with Crippen molar-refractivity contribution < 1.29 is 9.53 Å². The second-order valence-corrected chi connectivity index (χ2v) is 6.60. The molecule has 0 aliphatic heterocycles. The highest BCUT2D eigenvalue weighted by Gasteiger charge is 2.18. The molecular weight excluding hydrogens is 352 g/mol. The maximum absolute atomic E-state index is 12.9. The Bertz CT molecular complexity index is 1180. The Hall–Kier alpha value is -3.41. The van der Waals surface area contributed by atoms with E-state index < -0.39 is 0 Å². The van der Waals surface area contributed by atoms with Crippen LogP contribution in [0.2, 0.25) is 0 Å². The van der Waals surface area contributed by atoms with Crippen molar-refractivity contribution in [2.24, 2.45) is 0 Å². The zero-order valence-corrected chi connectivity index (χ0v) is 16.2. The lowest BCUT2D eigenvalue weighted by Crippen LogP contribution is -2.14. The van der Waals surface area contributed by atoms with Crippen molar-refractivity contribution in [1.29, 1.82) is 0 Å². The summed E-state index contributed by atoms with van der Waals surface area (Å²) in [6.45, 7) is 7.09. The molecule has 0 atom stereocenters. The number of nitrogens with one attached hydrogen (secondary N) is 1. The minimum atomic E-state index is -0.254. The van der Waals surface area contributed by atoms with E-state index in [9.17, 15) is 4.79 Å². The Morgan fingerprint density at radius 3 is 2.75 bits per heavy atom. The Balaban J connectivity index is 1.78. The third-order valence-electron chi connectivity index (χ3n) is 4.64. The van der Waals surface area contributed by atoms with Crippen LogP contribution in [0.25, 0.3) is 21.9 Å². The predicted octanol–water partition coefficient (Wildman–Crippen LogP) is 4.56. The third kappa shape index (κ3) is 3.17. The molecular formula is C22H22N4O2. The molecule has 1 N–H and O–H groups in total. The summed E-state index contributed by atoms with van der Waals surface area (Å²) in [6, 6.07) is 15.4. The van der Waals surface area contributed by atoms with Crippen LogP contribution in [-0.4, -0.2) is 27.3 Å². The van der Waals surface area contributed by atoms with Gasteiger partial charge in [-0.1, -0.05) is 24.3 Å². The van der Waals surface area contributed by atoms with Gasteiger partial charge >= 0.3 is 0 Å². The molecule has 28 heavy (non-hydrogen) atoms. The molecule has 2 aromatic heterocycles. The minimum absolute atomic E-state index is 0.254. The molecule has 1 amide bonds. The van der Waals surface area contributed by atoms with Gasteiger partial charge in [0.25, 0.3) is 5.91 Å². The van der Waals surface area contributed by atoms with E-state index in [2.05, 4.69) is 22.5 Å². The lowest BCUT2D eigenvalue weighted by atomic mass is 10.1. The van der Waals surface area contributed by atoms with Crippen LogP contribution in [0.5, 0.6) is 5.75 Å². The number of amides is 1. The van der Waals surface area contributed by atoms with Gasteiger partial charge in [0.1, 0.15) is 5.75 Å². The Morgan fingerprint density at radius 1 is 1.14 bits per heavy atom. The highest BCUT2D eigenvalue weighted by molar-refractivity contribution is 6.10. The zero-order chi connectivity index (χ0) is 19.7. The van der Waals surface area contributed by atoms with Crippen molar-refractivity contribution in [1.82, 2.24) is 14.8 Å². The quantitative estimate of drug-likeness (QED) is 0.556. The Kier molecular flexibility index (Phi) is 4.69. The van der Waals surface area contributed by atoms with Crippen molar-refractivity contribution in [2.45, 2.75) is 27.3 Å². The molecule has 142 valence electrons. The van der Waals surface area contributed by atoms with Gasteiger partial charge in [-0.25, -0.2) is 9.67 Å². The number of aryl methyl sites for hydroxylation is 2. The molecule has 0 spiro atoms. The summed E-state index contributed by atoms with van der Waals surface area (Å²) < 4.78 is 7.39. The topological polar surface area (TPSA) is 69.0 Å². The van der Waals surface area contributed by atoms with Crippen LogP contribution in [0.1, 0.15) is 29.8 Å². The van der Waals surface area contributed by atoms with Gasteiger partial charge in [-0.05, 0) is 50.6 Å². The molecule has 0 bridgehead atoms. The number of benzene rings is 2. The van der Waals surface area contributed by atoms with Gasteiger partial charge in [-0.2, -0.15) is 5.10 Å². The smallest absolute Gasteiger partial charge is 0.260 e. The summed E-state index contributed by atoms with van der Waals surface area (Å²) in [5.41, 5.74) is 3.31. The van der Waals surface area contributed by atoms with Gasteiger partial charge < -0.3 is 10.1 Å². The number of nitrogens with zero attached hydrogens (tertiary/aromatic N) is 3. The van der Waals surface area contributed by atoms with Gasteiger partial charge in [-0.15, -0.1) is 0 Å². The summed E-state index contributed by atoms with van der Waals surface area (Å²) in [6.07, 6.45) is 0. The van der Waals surface area contributed by atoms with Crippen molar-refractivity contribution in [3.63, 3.8) is 0 Å². The number of para-hydroxylation sites is 1. The fraction of sp³-hybridized carbons (Fsp3) is 0.227. The average Bonchev–Trinajstić information content (AvgIpc) is 3.03. The molecule has 6 nitrogen and oxygen atoms in total. The van der Waals surface area contributed by atoms with Crippen molar-refractivity contribution >= 4 is 33.7 Å². The molecule has 0 saturated carbocycles. The van der Waals surface area contributed by atoms with Crippen LogP contribution in [0.15, 0.2) is 48.5 Å². The molecule has 4 rings (SSSR count). The standard InChI is InChI=1S/C22H22N4O2/c1-4-26-21-17(13-15-11-10-14(3)12-18(15)23-21)20(25-26)24-22(27)16-8-6-7-9-19(16)28-5-2/h6-13H,4-5H2,1-3H3,(H,24,25,27). The zero-order valence-electron chi connectivity index (χ0n) is 16.2. The molecule has 2 heterocycles. The number of hydrogen-bond donors (Lipinski definition) is 1. The number of carbonyl (C=O) groups excluding carboxylic acids is 1. The first-order valence-electron chi connectivity index (χ1n) is 9.41. The molecule has 2 aromatic carbocycles. The molecule has 0 unspecified atom stereocenters. The van der Waals surface area contributed by atoms with E-state index in [1.165, 1.54) is 0 Å². The average molecular weight is 374 g/mol. The summed E-state index contributed by atoms with van der Waals surface area (Å²) in [5, 5.41) is 9.35. The molecule has 0 aliphatic carbocycles. The van der Waals surface area contributed by atoms with E-state index >= 15 is 0 Å². The highest BCUT2D eigenvalue weighted by atomic mass is 16.5. The van der Waals surface area contributed by atoms with Crippen molar-refractivity contribution in [3.8, 4) is 5.75 Å².